The Morgan fingerprint density at radius 2 is 1.78 bits per heavy atom. The Balaban J connectivity index is 2.38. The van der Waals surface area contributed by atoms with E-state index in [-0.39, 0.29) is 12.3 Å². The van der Waals surface area contributed by atoms with Crippen LogP contribution in [0, 0.1) is 5.92 Å². The Kier molecular flexibility index (Phi) is 7.85. The minimum atomic E-state index is -0.718. The van der Waals surface area contributed by atoms with Crippen LogP contribution in [0.25, 0.3) is 0 Å². The topological polar surface area (TPSA) is 84.5 Å². The molecule has 23 heavy (non-hydrogen) atoms. The smallest absolute Gasteiger partial charge is 0.321 e. The molecule has 0 spiro atoms. The second-order valence-corrected chi connectivity index (χ2v) is 6.00. The van der Waals surface area contributed by atoms with Gasteiger partial charge < -0.3 is 10.1 Å². The van der Waals surface area contributed by atoms with E-state index < -0.39 is 24.5 Å². The second kappa shape index (κ2) is 9.37. The molecule has 6 nitrogen and oxygen atoms in total. The van der Waals surface area contributed by atoms with Crippen molar-refractivity contribution in [2.45, 2.75) is 20.3 Å². The van der Waals surface area contributed by atoms with E-state index in [1.54, 1.807) is 18.2 Å². The summed E-state index contributed by atoms with van der Waals surface area (Å²) in [6.45, 7) is 3.72. The highest BCUT2D eigenvalue weighted by molar-refractivity contribution is 6.36. The zero-order valence-corrected chi connectivity index (χ0v) is 14.3. The number of esters is 1. The fourth-order valence-corrected chi connectivity index (χ4v) is 2.08. The van der Waals surface area contributed by atoms with Crippen molar-refractivity contribution >= 4 is 41.1 Å². The van der Waals surface area contributed by atoms with Gasteiger partial charge in [-0.05, 0) is 18.1 Å². The molecule has 0 aliphatic rings. The lowest BCUT2D eigenvalue weighted by Gasteiger charge is -2.09. The number of urea groups is 1. The number of carbonyl (C=O) groups is 3. The predicted octanol–water partition coefficient (Wildman–Crippen LogP) is 2.56. The molecule has 0 saturated carbocycles. The average molecular weight is 361 g/mol. The maximum absolute atomic E-state index is 11.7. The van der Waals surface area contributed by atoms with E-state index in [4.69, 9.17) is 27.9 Å². The molecule has 1 rings (SSSR count). The molecule has 0 bridgehead atoms. The molecule has 0 heterocycles. The first-order valence-corrected chi connectivity index (χ1v) is 7.71. The number of halogens is 2. The maximum Gasteiger partial charge on any atom is 0.321 e. The van der Waals surface area contributed by atoms with Crippen LogP contribution in [-0.4, -0.2) is 31.1 Å². The summed E-state index contributed by atoms with van der Waals surface area (Å²) in [5.41, 5.74) is 0.427. The standard InChI is InChI=1S/C15H18Cl2N2O4/c1-9(2)7-18-15(22)19-13(20)8-23-14(21)6-10-11(16)4-3-5-12(10)17/h3-5,9H,6-8H2,1-2H3,(H2,18,19,20,22). The third-order valence-electron chi connectivity index (χ3n) is 2.67. The maximum atomic E-state index is 11.7. The summed E-state index contributed by atoms with van der Waals surface area (Å²) in [7, 11) is 0. The summed E-state index contributed by atoms with van der Waals surface area (Å²) in [5.74, 6) is -1.13. The number of nitrogens with one attached hydrogen (secondary N) is 2. The van der Waals surface area contributed by atoms with E-state index in [2.05, 4.69) is 10.6 Å². The molecule has 0 fully saturated rings. The summed E-state index contributed by atoms with van der Waals surface area (Å²) in [5, 5.41) is 5.25. The van der Waals surface area contributed by atoms with Crippen LogP contribution in [0.3, 0.4) is 0 Å². The monoisotopic (exact) mass is 360 g/mol. The first-order valence-electron chi connectivity index (χ1n) is 6.95. The van der Waals surface area contributed by atoms with Gasteiger partial charge in [0.05, 0.1) is 6.42 Å². The highest BCUT2D eigenvalue weighted by Crippen LogP contribution is 2.24. The number of amides is 3. The van der Waals surface area contributed by atoms with E-state index >= 15 is 0 Å². The number of hydrogen-bond acceptors (Lipinski definition) is 4. The van der Waals surface area contributed by atoms with Crippen LogP contribution in [0.2, 0.25) is 10.0 Å². The minimum absolute atomic E-state index is 0.161. The van der Waals surface area contributed by atoms with Crippen molar-refractivity contribution in [2.75, 3.05) is 13.2 Å². The van der Waals surface area contributed by atoms with Gasteiger partial charge in [-0.2, -0.15) is 0 Å². The van der Waals surface area contributed by atoms with E-state index in [0.29, 0.717) is 22.2 Å². The molecule has 1 aromatic rings. The van der Waals surface area contributed by atoms with Gasteiger partial charge >= 0.3 is 12.0 Å². The van der Waals surface area contributed by atoms with Gasteiger partial charge in [-0.15, -0.1) is 0 Å². The molecular weight excluding hydrogens is 343 g/mol. The van der Waals surface area contributed by atoms with Crippen LogP contribution in [-0.2, 0) is 20.7 Å². The van der Waals surface area contributed by atoms with E-state index in [0.717, 1.165) is 0 Å². The van der Waals surface area contributed by atoms with Crippen molar-refractivity contribution < 1.29 is 19.1 Å². The van der Waals surface area contributed by atoms with Gasteiger partial charge in [0.2, 0.25) is 0 Å². The zero-order chi connectivity index (χ0) is 17.4. The lowest BCUT2D eigenvalue weighted by Crippen LogP contribution is -2.42. The lowest BCUT2D eigenvalue weighted by molar-refractivity contribution is -0.147. The van der Waals surface area contributed by atoms with Crippen LogP contribution in [0.5, 0.6) is 0 Å². The number of hydrogen-bond donors (Lipinski definition) is 2. The van der Waals surface area contributed by atoms with Crippen molar-refractivity contribution in [1.82, 2.24) is 10.6 Å². The SMILES string of the molecule is CC(C)CNC(=O)NC(=O)COC(=O)Cc1c(Cl)cccc1Cl. The number of ether oxygens (including phenoxy) is 1. The molecule has 0 unspecified atom stereocenters. The van der Waals surface area contributed by atoms with Crippen LogP contribution >= 0.6 is 23.2 Å². The molecule has 3 amide bonds. The Morgan fingerprint density at radius 3 is 2.35 bits per heavy atom. The summed E-state index contributed by atoms with van der Waals surface area (Å²) in [6.07, 6.45) is -0.161. The first-order chi connectivity index (χ1) is 10.8. The molecule has 0 aliphatic carbocycles. The van der Waals surface area contributed by atoms with Crippen molar-refractivity contribution in [3.63, 3.8) is 0 Å². The molecule has 0 radical (unpaired) electrons. The fourth-order valence-electron chi connectivity index (χ4n) is 1.55. The molecule has 8 heteroatoms. The first kappa shape index (κ1) is 19.3. The number of benzene rings is 1. The summed E-state index contributed by atoms with van der Waals surface area (Å²) in [6, 6.07) is 4.22. The number of carbonyl (C=O) groups excluding carboxylic acids is 3. The quantitative estimate of drug-likeness (QED) is 0.763. The van der Waals surface area contributed by atoms with Crippen molar-refractivity contribution in [3.8, 4) is 0 Å². The van der Waals surface area contributed by atoms with Crippen molar-refractivity contribution in [1.29, 1.82) is 0 Å². The van der Waals surface area contributed by atoms with Gasteiger partial charge in [-0.1, -0.05) is 43.1 Å². The van der Waals surface area contributed by atoms with E-state index in [1.165, 1.54) is 0 Å². The van der Waals surface area contributed by atoms with Crippen LogP contribution < -0.4 is 10.6 Å². The van der Waals surface area contributed by atoms with Gasteiger partial charge in [0.15, 0.2) is 6.61 Å². The van der Waals surface area contributed by atoms with Gasteiger partial charge in [-0.3, -0.25) is 14.9 Å². The zero-order valence-electron chi connectivity index (χ0n) is 12.8. The molecule has 0 aromatic heterocycles. The van der Waals surface area contributed by atoms with Gasteiger partial charge in [0, 0.05) is 22.2 Å². The molecule has 0 aliphatic heterocycles. The lowest BCUT2D eigenvalue weighted by atomic mass is 10.1. The number of rotatable bonds is 6. The van der Waals surface area contributed by atoms with Crippen LogP contribution in [0.15, 0.2) is 18.2 Å². The second-order valence-electron chi connectivity index (χ2n) is 5.19. The number of imide groups is 1. The Labute approximate surface area is 144 Å². The third-order valence-corrected chi connectivity index (χ3v) is 3.38. The third kappa shape index (κ3) is 7.34. The largest absolute Gasteiger partial charge is 0.455 e. The Hall–Kier alpha value is -1.79. The van der Waals surface area contributed by atoms with Gasteiger partial charge in [-0.25, -0.2) is 4.79 Å². The predicted molar refractivity (Wildman–Crippen MR) is 87.5 cm³/mol. The minimum Gasteiger partial charge on any atom is -0.455 e. The van der Waals surface area contributed by atoms with Crippen LogP contribution in [0.1, 0.15) is 19.4 Å². The van der Waals surface area contributed by atoms with E-state index in [9.17, 15) is 14.4 Å². The average Bonchev–Trinajstić information content (AvgIpc) is 2.47. The highest BCUT2D eigenvalue weighted by atomic mass is 35.5. The molecular formula is C15H18Cl2N2O4. The van der Waals surface area contributed by atoms with E-state index in [1.807, 2.05) is 13.8 Å². The molecule has 0 saturated heterocycles. The normalized spacial score (nSPS) is 10.3. The van der Waals surface area contributed by atoms with Gasteiger partial charge in [0.1, 0.15) is 0 Å². The van der Waals surface area contributed by atoms with Crippen LogP contribution in [0.4, 0.5) is 4.79 Å². The Bertz CT molecular complexity index is 571. The van der Waals surface area contributed by atoms with Gasteiger partial charge in [0.25, 0.3) is 5.91 Å². The molecule has 126 valence electrons. The highest BCUT2D eigenvalue weighted by Gasteiger charge is 2.14. The molecule has 2 N–H and O–H groups in total. The fraction of sp³-hybridized carbons (Fsp3) is 0.400. The van der Waals surface area contributed by atoms with Crippen molar-refractivity contribution in [3.05, 3.63) is 33.8 Å². The molecule has 1 aromatic carbocycles. The summed E-state index contributed by atoms with van der Waals surface area (Å²) >= 11 is 11.9. The van der Waals surface area contributed by atoms with Crippen molar-refractivity contribution in [2.24, 2.45) is 5.92 Å². The summed E-state index contributed by atoms with van der Waals surface area (Å²) in [4.78, 5) is 34.6. The summed E-state index contributed by atoms with van der Waals surface area (Å²) < 4.78 is 4.80. The molecule has 0 atom stereocenters. The Morgan fingerprint density at radius 1 is 1.17 bits per heavy atom.